The Labute approximate surface area is 92.0 Å². The van der Waals surface area contributed by atoms with Gasteiger partial charge in [-0.3, -0.25) is 4.79 Å². The van der Waals surface area contributed by atoms with E-state index < -0.39 is 0 Å². The molecule has 1 amide bonds. The van der Waals surface area contributed by atoms with E-state index in [0.717, 1.165) is 25.9 Å². The van der Waals surface area contributed by atoms with E-state index in [-0.39, 0.29) is 11.4 Å². The average Bonchev–Trinajstić information content (AvgIpc) is 2.67. The summed E-state index contributed by atoms with van der Waals surface area (Å²) in [6.07, 6.45) is 7.19. The fourth-order valence-electron chi connectivity index (χ4n) is 3.21. The summed E-state index contributed by atoms with van der Waals surface area (Å²) in [7, 11) is 0. The van der Waals surface area contributed by atoms with Gasteiger partial charge in [0.2, 0.25) is 5.91 Å². The van der Waals surface area contributed by atoms with Crippen LogP contribution in [0.5, 0.6) is 0 Å². The summed E-state index contributed by atoms with van der Waals surface area (Å²) in [5.41, 5.74) is 6.55. The fourth-order valence-corrected chi connectivity index (χ4v) is 3.21. The Balaban J connectivity index is 1.90. The molecule has 2 rings (SSSR count). The summed E-state index contributed by atoms with van der Waals surface area (Å²) in [6.45, 7) is 3.49. The molecule has 0 aromatic heterocycles. The van der Waals surface area contributed by atoms with Crippen LogP contribution in [0.4, 0.5) is 0 Å². The van der Waals surface area contributed by atoms with Crippen LogP contribution < -0.4 is 5.73 Å². The van der Waals surface area contributed by atoms with Gasteiger partial charge >= 0.3 is 0 Å². The Hall–Kier alpha value is -0.570. The molecular weight excluding hydrogens is 188 g/mol. The standard InChI is InChI=1S/C12H22N2O/c1-10(15)14-8-4-11(5-9-14)12(13)6-2-3-7-12/h11H,2-9,13H2,1H3. The lowest BCUT2D eigenvalue weighted by atomic mass is 9.77. The van der Waals surface area contributed by atoms with Gasteiger partial charge in [-0.15, -0.1) is 0 Å². The molecule has 0 spiro atoms. The molecule has 2 N–H and O–H groups in total. The van der Waals surface area contributed by atoms with Gasteiger partial charge in [0.05, 0.1) is 0 Å². The number of nitrogens with zero attached hydrogens (tertiary/aromatic N) is 1. The summed E-state index contributed by atoms with van der Waals surface area (Å²) in [4.78, 5) is 13.2. The molecule has 0 bridgehead atoms. The molecule has 2 fully saturated rings. The number of carbonyl (C=O) groups is 1. The third-order valence-electron chi connectivity index (χ3n) is 4.29. The maximum Gasteiger partial charge on any atom is 0.219 e. The minimum Gasteiger partial charge on any atom is -0.343 e. The third kappa shape index (κ3) is 2.17. The van der Waals surface area contributed by atoms with E-state index in [2.05, 4.69) is 0 Å². The van der Waals surface area contributed by atoms with Crippen LogP contribution in [0.3, 0.4) is 0 Å². The number of hydrogen-bond acceptors (Lipinski definition) is 2. The molecule has 1 saturated heterocycles. The maximum atomic E-state index is 11.2. The first-order valence-electron chi connectivity index (χ1n) is 6.16. The number of likely N-dealkylation sites (tertiary alicyclic amines) is 1. The van der Waals surface area contributed by atoms with Crippen molar-refractivity contribution in [1.82, 2.24) is 4.90 Å². The van der Waals surface area contributed by atoms with Crippen molar-refractivity contribution in [2.45, 2.75) is 51.0 Å². The smallest absolute Gasteiger partial charge is 0.219 e. The molecule has 0 radical (unpaired) electrons. The predicted molar refractivity (Wildman–Crippen MR) is 60.4 cm³/mol. The molecule has 0 aromatic carbocycles. The van der Waals surface area contributed by atoms with Crippen molar-refractivity contribution in [2.24, 2.45) is 11.7 Å². The van der Waals surface area contributed by atoms with Crippen LogP contribution in [0.2, 0.25) is 0 Å². The van der Waals surface area contributed by atoms with Crippen molar-refractivity contribution in [3.63, 3.8) is 0 Å². The van der Waals surface area contributed by atoms with Crippen LogP contribution >= 0.6 is 0 Å². The molecule has 1 aliphatic carbocycles. The Morgan fingerprint density at radius 2 is 1.80 bits per heavy atom. The molecule has 0 atom stereocenters. The number of carbonyl (C=O) groups excluding carboxylic acids is 1. The van der Waals surface area contributed by atoms with Gasteiger partial charge < -0.3 is 10.6 Å². The first kappa shape index (κ1) is 10.9. The zero-order valence-electron chi connectivity index (χ0n) is 9.67. The predicted octanol–water partition coefficient (Wildman–Crippen LogP) is 1.52. The highest BCUT2D eigenvalue weighted by Gasteiger charge is 2.39. The molecule has 15 heavy (non-hydrogen) atoms. The van der Waals surface area contributed by atoms with Crippen molar-refractivity contribution in [2.75, 3.05) is 13.1 Å². The highest BCUT2D eigenvalue weighted by Crippen LogP contribution is 2.38. The first-order valence-corrected chi connectivity index (χ1v) is 6.16. The van der Waals surface area contributed by atoms with E-state index in [1.165, 1.54) is 25.7 Å². The first-order chi connectivity index (χ1) is 7.12. The Bertz CT molecular complexity index is 238. The van der Waals surface area contributed by atoms with Crippen molar-refractivity contribution in [1.29, 1.82) is 0 Å². The van der Waals surface area contributed by atoms with Gasteiger partial charge in [0.25, 0.3) is 0 Å². The second-order valence-electron chi connectivity index (χ2n) is 5.22. The third-order valence-corrected chi connectivity index (χ3v) is 4.29. The minimum atomic E-state index is 0.100. The molecule has 1 aliphatic heterocycles. The highest BCUT2D eigenvalue weighted by molar-refractivity contribution is 5.73. The van der Waals surface area contributed by atoms with Crippen LogP contribution in [-0.4, -0.2) is 29.4 Å². The summed E-state index contributed by atoms with van der Waals surface area (Å²) in [5, 5.41) is 0. The van der Waals surface area contributed by atoms with E-state index in [1.54, 1.807) is 6.92 Å². The molecular formula is C12H22N2O. The largest absolute Gasteiger partial charge is 0.343 e. The maximum absolute atomic E-state index is 11.2. The Morgan fingerprint density at radius 1 is 1.27 bits per heavy atom. The summed E-state index contributed by atoms with van der Waals surface area (Å²) < 4.78 is 0. The lowest BCUT2D eigenvalue weighted by Gasteiger charge is -2.40. The molecule has 86 valence electrons. The topological polar surface area (TPSA) is 46.3 Å². The van der Waals surface area contributed by atoms with Crippen LogP contribution in [0.25, 0.3) is 0 Å². The van der Waals surface area contributed by atoms with Crippen LogP contribution in [-0.2, 0) is 4.79 Å². The second kappa shape index (κ2) is 4.12. The Morgan fingerprint density at radius 3 is 2.27 bits per heavy atom. The van der Waals surface area contributed by atoms with Crippen LogP contribution in [0, 0.1) is 5.92 Å². The van der Waals surface area contributed by atoms with Gasteiger partial charge in [-0.05, 0) is 31.6 Å². The molecule has 0 aromatic rings. The van der Waals surface area contributed by atoms with Crippen molar-refractivity contribution in [3.05, 3.63) is 0 Å². The van der Waals surface area contributed by atoms with Gasteiger partial charge in [0.15, 0.2) is 0 Å². The lowest BCUT2D eigenvalue weighted by molar-refractivity contribution is -0.130. The molecule has 0 unspecified atom stereocenters. The highest BCUT2D eigenvalue weighted by atomic mass is 16.2. The van der Waals surface area contributed by atoms with Gasteiger partial charge in [-0.2, -0.15) is 0 Å². The molecule has 1 heterocycles. The van der Waals surface area contributed by atoms with Gasteiger partial charge in [0.1, 0.15) is 0 Å². The Kier molecular flexibility index (Phi) is 3.01. The quantitative estimate of drug-likeness (QED) is 0.713. The number of amides is 1. The monoisotopic (exact) mass is 210 g/mol. The van der Waals surface area contributed by atoms with E-state index >= 15 is 0 Å². The summed E-state index contributed by atoms with van der Waals surface area (Å²) in [5.74, 6) is 0.863. The van der Waals surface area contributed by atoms with Gasteiger partial charge in [0, 0.05) is 25.6 Å². The summed E-state index contributed by atoms with van der Waals surface area (Å²) >= 11 is 0. The van der Waals surface area contributed by atoms with Crippen molar-refractivity contribution < 1.29 is 4.79 Å². The normalized spacial score (nSPS) is 26.9. The molecule has 3 nitrogen and oxygen atoms in total. The number of hydrogen-bond donors (Lipinski definition) is 1. The number of nitrogens with two attached hydrogens (primary N) is 1. The van der Waals surface area contributed by atoms with E-state index in [9.17, 15) is 4.79 Å². The van der Waals surface area contributed by atoms with E-state index in [4.69, 9.17) is 5.73 Å². The van der Waals surface area contributed by atoms with E-state index in [0.29, 0.717) is 5.92 Å². The minimum absolute atomic E-state index is 0.100. The number of piperidine rings is 1. The molecule has 1 saturated carbocycles. The zero-order chi connectivity index (χ0) is 10.9. The van der Waals surface area contributed by atoms with E-state index in [1.807, 2.05) is 4.90 Å². The van der Waals surface area contributed by atoms with Gasteiger partial charge in [-0.25, -0.2) is 0 Å². The average molecular weight is 210 g/mol. The zero-order valence-corrected chi connectivity index (χ0v) is 9.67. The summed E-state index contributed by atoms with van der Waals surface area (Å²) in [6, 6.07) is 0. The SMILES string of the molecule is CC(=O)N1CCC(C2(N)CCCC2)CC1. The lowest BCUT2D eigenvalue weighted by Crippen LogP contribution is -2.50. The molecule has 3 heteroatoms. The van der Waals surface area contributed by atoms with Crippen molar-refractivity contribution >= 4 is 5.91 Å². The number of rotatable bonds is 1. The van der Waals surface area contributed by atoms with Gasteiger partial charge in [-0.1, -0.05) is 12.8 Å². The second-order valence-corrected chi connectivity index (χ2v) is 5.22. The fraction of sp³-hybridized carbons (Fsp3) is 0.917. The van der Waals surface area contributed by atoms with Crippen LogP contribution in [0.1, 0.15) is 45.4 Å². The molecule has 2 aliphatic rings. The van der Waals surface area contributed by atoms with Crippen molar-refractivity contribution in [3.8, 4) is 0 Å². The van der Waals surface area contributed by atoms with Crippen LogP contribution in [0.15, 0.2) is 0 Å².